The van der Waals surface area contributed by atoms with Gasteiger partial charge in [-0.25, -0.2) is 0 Å². The van der Waals surface area contributed by atoms with Gasteiger partial charge in [0.1, 0.15) is 5.82 Å². The number of ether oxygens (including phenoxy) is 1. The Hall–Kier alpha value is -1.03. The van der Waals surface area contributed by atoms with Gasteiger partial charge in [0.25, 0.3) is 0 Å². The van der Waals surface area contributed by atoms with Crippen molar-refractivity contribution < 1.29 is 4.74 Å². The lowest BCUT2D eigenvalue weighted by atomic mass is 10.1. The molecule has 4 nitrogen and oxygen atoms in total. The number of nitrogens with one attached hydrogen (secondary N) is 1. The van der Waals surface area contributed by atoms with Crippen molar-refractivity contribution in [3.05, 3.63) is 12.3 Å². The van der Waals surface area contributed by atoms with Crippen LogP contribution in [0.15, 0.2) is 12.3 Å². The third kappa shape index (κ3) is 2.01. The monoisotopic (exact) mass is 181 g/mol. The molecule has 1 atom stereocenters. The van der Waals surface area contributed by atoms with Crippen molar-refractivity contribution in [3.8, 4) is 0 Å². The predicted octanol–water partition coefficient (Wildman–Crippen LogP) is 1.01. The Morgan fingerprint density at radius 3 is 3.23 bits per heavy atom. The van der Waals surface area contributed by atoms with Gasteiger partial charge in [-0.3, -0.25) is 4.68 Å². The number of rotatable bonds is 2. The van der Waals surface area contributed by atoms with E-state index in [0.29, 0.717) is 6.04 Å². The molecule has 0 aliphatic carbocycles. The third-order valence-corrected chi connectivity index (χ3v) is 2.33. The Labute approximate surface area is 77.9 Å². The van der Waals surface area contributed by atoms with Crippen molar-refractivity contribution in [2.75, 3.05) is 18.5 Å². The first-order valence-electron chi connectivity index (χ1n) is 4.68. The molecule has 0 saturated carbocycles. The normalized spacial score (nSPS) is 23.0. The van der Waals surface area contributed by atoms with Crippen LogP contribution in [0.5, 0.6) is 0 Å². The number of aryl methyl sites for hydroxylation is 1. The Morgan fingerprint density at radius 1 is 1.69 bits per heavy atom. The standard InChI is InChI=1S/C9H15N3O/c1-12-9(4-5-10-12)11-8-3-2-6-13-7-8/h4-5,8,11H,2-3,6-7H2,1H3. The summed E-state index contributed by atoms with van der Waals surface area (Å²) in [6, 6.07) is 2.43. The van der Waals surface area contributed by atoms with Crippen LogP contribution in [0, 0.1) is 0 Å². The fourth-order valence-electron chi connectivity index (χ4n) is 1.58. The molecule has 1 aliphatic heterocycles. The predicted molar refractivity (Wildman–Crippen MR) is 50.7 cm³/mol. The molecule has 1 saturated heterocycles. The van der Waals surface area contributed by atoms with E-state index in [2.05, 4.69) is 10.4 Å². The Morgan fingerprint density at radius 2 is 2.62 bits per heavy atom. The van der Waals surface area contributed by atoms with Crippen molar-refractivity contribution in [1.82, 2.24) is 9.78 Å². The molecule has 1 unspecified atom stereocenters. The van der Waals surface area contributed by atoms with Gasteiger partial charge in [-0.1, -0.05) is 0 Å². The van der Waals surface area contributed by atoms with Crippen molar-refractivity contribution in [1.29, 1.82) is 0 Å². The smallest absolute Gasteiger partial charge is 0.124 e. The van der Waals surface area contributed by atoms with Gasteiger partial charge >= 0.3 is 0 Å². The second-order valence-corrected chi connectivity index (χ2v) is 3.40. The summed E-state index contributed by atoms with van der Waals surface area (Å²) in [5, 5.41) is 7.50. The lowest BCUT2D eigenvalue weighted by molar-refractivity contribution is 0.0874. The lowest BCUT2D eigenvalue weighted by Crippen LogP contribution is -2.30. The minimum absolute atomic E-state index is 0.448. The molecule has 4 heteroatoms. The molecular weight excluding hydrogens is 166 g/mol. The zero-order valence-electron chi connectivity index (χ0n) is 7.86. The molecule has 1 fully saturated rings. The van der Waals surface area contributed by atoms with E-state index >= 15 is 0 Å². The SMILES string of the molecule is Cn1nccc1NC1CCCOC1. The van der Waals surface area contributed by atoms with Crippen molar-refractivity contribution in [2.45, 2.75) is 18.9 Å². The first-order chi connectivity index (χ1) is 6.36. The summed E-state index contributed by atoms with van der Waals surface area (Å²) < 4.78 is 7.22. The molecule has 13 heavy (non-hydrogen) atoms. The first-order valence-corrected chi connectivity index (χ1v) is 4.68. The minimum atomic E-state index is 0.448. The number of anilines is 1. The van der Waals surface area contributed by atoms with Gasteiger partial charge in [0.05, 0.1) is 18.8 Å². The van der Waals surface area contributed by atoms with Crippen LogP contribution < -0.4 is 5.32 Å². The molecule has 1 aliphatic rings. The molecule has 2 rings (SSSR count). The van der Waals surface area contributed by atoms with Crippen molar-refractivity contribution >= 4 is 5.82 Å². The molecule has 0 bridgehead atoms. The van der Waals surface area contributed by atoms with Crippen LogP contribution in [0.3, 0.4) is 0 Å². The highest BCUT2D eigenvalue weighted by Gasteiger charge is 2.14. The lowest BCUT2D eigenvalue weighted by Gasteiger charge is -2.23. The largest absolute Gasteiger partial charge is 0.379 e. The summed E-state index contributed by atoms with van der Waals surface area (Å²) in [7, 11) is 1.94. The minimum Gasteiger partial charge on any atom is -0.379 e. The second-order valence-electron chi connectivity index (χ2n) is 3.40. The maximum absolute atomic E-state index is 5.38. The Balaban J connectivity index is 1.93. The molecule has 72 valence electrons. The van der Waals surface area contributed by atoms with Crippen LogP contribution in [0.1, 0.15) is 12.8 Å². The quantitative estimate of drug-likeness (QED) is 0.740. The number of hydrogen-bond donors (Lipinski definition) is 1. The van der Waals surface area contributed by atoms with Crippen LogP contribution in [-0.2, 0) is 11.8 Å². The topological polar surface area (TPSA) is 39.1 Å². The molecule has 2 heterocycles. The van der Waals surface area contributed by atoms with E-state index in [0.717, 1.165) is 25.5 Å². The number of hydrogen-bond acceptors (Lipinski definition) is 3. The zero-order chi connectivity index (χ0) is 9.10. The summed E-state index contributed by atoms with van der Waals surface area (Å²) in [5.74, 6) is 1.07. The summed E-state index contributed by atoms with van der Waals surface area (Å²) in [5.41, 5.74) is 0. The summed E-state index contributed by atoms with van der Waals surface area (Å²) in [4.78, 5) is 0. The maximum atomic E-state index is 5.38. The molecule has 0 aromatic carbocycles. The van der Waals surface area contributed by atoms with E-state index in [9.17, 15) is 0 Å². The molecular formula is C9H15N3O. The Bertz CT molecular complexity index is 266. The third-order valence-electron chi connectivity index (χ3n) is 2.33. The summed E-state index contributed by atoms with van der Waals surface area (Å²) >= 11 is 0. The van der Waals surface area contributed by atoms with Gasteiger partial charge in [-0.2, -0.15) is 5.10 Å². The van der Waals surface area contributed by atoms with E-state index in [-0.39, 0.29) is 0 Å². The van der Waals surface area contributed by atoms with E-state index < -0.39 is 0 Å². The van der Waals surface area contributed by atoms with Gasteiger partial charge in [0.2, 0.25) is 0 Å². The zero-order valence-corrected chi connectivity index (χ0v) is 7.86. The summed E-state index contributed by atoms with van der Waals surface area (Å²) in [6.45, 7) is 1.72. The summed E-state index contributed by atoms with van der Waals surface area (Å²) in [6.07, 6.45) is 4.13. The highest BCUT2D eigenvalue weighted by molar-refractivity contribution is 5.34. The van der Waals surface area contributed by atoms with Crippen molar-refractivity contribution in [3.63, 3.8) is 0 Å². The second kappa shape index (κ2) is 3.79. The highest BCUT2D eigenvalue weighted by Crippen LogP contribution is 2.12. The average molecular weight is 181 g/mol. The number of nitrogens with zero attached hydrogens (tertiary/aromatic N) is 2. The van der Waals surface area contributed by atoms with Gasteiger partial charge in [0.15, 0.2) is 0 Å². The van der Waals surface area contributed by atoms with Gasteiger partial charge in [-0.05, 0) is 12.8 Å². The first kappa shape index (κ1) is 8.56. The fraction of sp³-hybridized carbons (Fsp3) is 0.667. The number of aromatic nitrogens is 2. The van der Waals surface area contributed by atoms with E-state index in [1.165, 1.54) is 6.42 Å². The fourth-order valence-corrected chi connectivity index (χ4v) is 1.58. The van der Waals surface area contributed by atoms with Crippen molar-refractivity contribution in [2.24, 2.45) is 7.05 Å². The van der Waals surface area contributed by atoms with Gasteiger partial charge in [-0.15, -0.1) is 0 Å². The van der Waals surface area contributed by atoms with Crippen LogP contribution in [-0.4, -0.2) is 29.0 Å². The molecule has 1 N–H and O–H groups in total. The molecule has 0 spiro atoms. The molecule has 1 aromatic rings. The van der Waals surface area contributed by atoms with E-state index in [1.807, 2.05) is 17.8 Å². The van der Waals surface area contributed by atoms with Crippen LogP contribution in [0.25, 0.3) is 0 Å². The van der Waals surface area contributed by atoms with Crippen LogP contribution in [0.2, 0.25) is 0 Å². The maximum Gasteiger partial charge on any atom is 0.124 e. The van der Waals surface area contributed by atoms with Crippen LogP contribution in [0.4, 0.5) is 5.82 Å². The van der Waals surface area contributed by atoms with Gasteiger partial charge in [0, 0.05) is 19.7 Å². The average Bonchev–Trinajstić information content (AvgIpc) is 2.54. The highest BCUT2D eigenvalue weighted by atomic mass is 16.5. The molecule has 0 amide bonds. The van der Waals surface area contributed by atoms with Gasteiger partial charge < -0.3 is 10.1 Å². The Kier molecular flexibility index (Phi) is 2.49. The van der Waals surface area contributed by atoms with E-state index in [1.54, 1.807) is 6.20 Å². The molecule has 0 radical (unpaired) electrons. The van der Waals surface area contributed by atoms with Crippen LogP contribution >= 0.6 is 0 Å². The molecule has 1 aromatic heterocycles. The van der Waals surface area contributed by atoms with E-state index in [4.69, 9.17) is 4.74 Å².